The van der Waals surface area contributed by atoms with E-state index >= 15 is 0 Å². The molecule has 15 nitrogen and oxygen atoms in total. The third kappa shape index (κ3) is 16.2. The van der Waals surface area contributed by atoms with Crippen molar-refractivity contribution in [1.82, 2.24) is 0 Å². The molecule has 0 atom stereocenters. The molecule has 4 fully saturated rings. The van der Waals surface area contributed by atoms with Crippen LogP contribution in [0.1, 0.15) is 71.1 Å². The van der Waals surface area contributed by atoms with Crippen LogP contribution in [0.15, 0.2) is 66.7 Å². The Morgan fingerprint density at radius 1 is 0.661 bits per heavy atom. The van der Waals surface area contributed by atoms with Crippen LogP contribution in [-0.2, 0) is 19.9 Å². The molecule has 0 unspecified atom stereocenters. The molecule has 0 bridgehead atoms. The first-order valence-electron chi connectivity index (χ1n) is 19.5. The molecular weight excluding hydrogens is 741 g/mol. The Morgan fingerprint density at radius 3 is 1.41 bits per heavy atom. The lowest BCUT2D eigenvalue weighted by molar-refractivity contribution is 0.122. The summed E-state index contributed by atoms with van der Waals surface area (Å²) < 4.78 is 62.3. The van der Waals surface area contributed by atoms with E-state index in [4.69, 9.17) is 52.0 Å². The number of ether oxygens (including phenoxy) is 5. The average molecular weight is 795 g/mol. The fourth-order valence-electron chi connectivity index (χ4n) is 6.80. The maximum absolute atomic E-state index is 9.16. The van der Waals surface area contributed by atoms with Crippen LogP contribution in [-0.4, -0.2) is 88.9 Å². The molecule has 4 aliphatic rings. The first kappa shape index (κ1) is 44.0. The number of benzene rings is 3. The Balaban J connectivity index is 0.000000187. The second-order valence-electron chi connectivity index (χ2n) is 13.6. The first-order valence-corrected chi connectivity index (χ1v) is 20.8. The first-order chi connectivity index (χ1) is 27.2. The maximum atomic E-state index is 9.16. The number of diazo groups is 2. The van der Waals surface area contributed by atoms with Crippen molar-refractivity contribution in [3.8, 4) is 17.2 Å². The SMILES string of the molecule is CCOc1ccccc1.N#[N+]c1ccc(N2CCOCC2)cc1OC1CCCCC1.N#[N+]c1ccc(N2CCOCC2)cc1OC1CCCCC1.O=S(=O)([O-])[O-]. The lowest BCUT2D eigenvalue weighted by Gasteiger charge is -2.29. The van der Waals surface area contributed by atoms with E-state index in [0.29, 0.717) is 22.9 Å². The maximum Gasteiger partial charge on any atom is 0.426 e. The van der Waals surface area contributed by atoms with Gasteiger partial charge in [-0.15, -0.1) is 0 Å². The smallest absolute Gasteiger partial charge is 0.426 e. The van der Waals surface area contributed by atoms with Crippen molar-refractivity contribution in [3.63, 3.8) is 0 Å². The van der Waals surface area contributed by atoms with Gasteiger partial charge in [0.05, 0.1) is 45.2 Å². The summed E-state index contributed by atoms with van der Waals surface area (Å²) in [6.07, 6.45) is 12.3. The normalized spacial score (nSPS) is 17.5. The molecule has 3 aromatic carbocycles. The van der Waals surface area contributed by atoms with Gasteiger partial charge in [-0.05, 0) is 82.6 Å². The van der Waals surface area contributed by atoms with Crippen LogP contribution >= 0.6 is 0 Å². The third-order valence-electron chi connectivity index (χ3n) is 9.60. The van der Waals surface area contributed by atoms with Gasteiger partial charge in [0.15, 0.2) is 9.95 Å². The summed E-state index contributed by atoms with van der Waals surface area (Å²) in [6.45, 7) is 9.29. The summed E-state index contributed by atoms with van der Waals surface area (Å²) in [6, 6.07) is 21.4. The number of rotatable bonds is 8. The third-order valence-corrected chi connectivity index (χ3v) is 9.60. The van der Waals surface area contributed by atoms with Crippen molar-refractivity contribution in [2.24, 2.45) is 0 Å². The molecule has 0 spiro atoms. The number of para-hydroxylation sites is 1. The fraction of sp³-hybridized carbons (Fsp3) is 0.550. The quantitative estimate of drug-likeness (QED) is 0.121. The molecule has 2 aliphatic carbocycles. The van der Waals surface area contributed by atoms with Crippen LogP contribution in [0.25, 0.3) is 9.95 Å². The van der Waals surface area contributed by atoms with Gasteiger partial charge in [-0.1, -0.05) is 31.0 Å². The van der Waals surface area contributed by atoms with Crippen LogP contribution in [0.4, 0.5) is 22.7 Å². The van der Waals surface area contributed by atoms with Crippen LogP contribution in [0.3, 0.4) is 0 Å². The zero-order chi connectivity index (χ0) is 40.0. The summed E-state index contributed by atoms with van der Waals surface area (Å²) in [4.78, 5) is 11.3. The number of hydrogen-bond donors (Lipinski definition) is 0. The van der Waals surface area contributed by atoms with Gasteiger partial charge in [0, 0.05) is 72.2 Å². The zero-order valence-corrected chi connectivity index (χ0v) is 33.0. The molecule has 2 saturated carbocycles. The van der Waals surface area contributed by atoms with Crippen LogP contribution in [0, 0.1) is 10.8 Å². The van der Waals surface area contributed by atoms with E-state index in [1.807, 2.05) is 73.7 Å². The lowest BCUT2D eigenvalue weighted by Crippen LogP contribution is -2.36. The average Bonchev–Trinajstić information content (AvgIpc) is 3.23. The van der Waals surface area contributed by atoms with Gasteiger partial charge in [0.25, 0.3) is 0 Å². The van der Waals surface area contributed by atoms with E-state index in [-0.39, 0.29) is 12.2 Å². The Bertz CT molecular complexity index is 1680. The molecule has 2 heterocycles. The molecular formula is C40H54N6O9S. The molecule has 0 radical (unpaired) electrons. The minimum absolute atomic E-state index is 0.249. The fourth-order valence-corrected chi connectivity index (χ4v) is 6.80. The van der Waals surface area contributed by atoms with Gasteiger partial charge in [-0.25, -0.2) is 0 Å². The molecule has 3 aromatic rings. The standard InChI is InChI=1S/2C16H22N3O2.C8H10O.H2O4S/c2*17-18-15-7-6-13(19-8-10-20-11-9-19)12-16(15)21-14-4-2-1-3-5-14;1-2-9-8-6-4-3-5-7-8;1-5(2,3)4/h2*6-7,12,14H,1-5,8-11H2;3-7H,2H2,1H3;(H2,1,2,3,4)/q2*+1;;/p-2. The van der Waals surface area contributed by atoms with Gasteiger partial charge in [0.1, 0.15) is 5.75 Å². The second kappa shape index (κ2) is 24.0. The van der Waals surface area contributed by atoms with Crippen molar-refractivity contribution >= 4 is 33.1 Å². The van der Waals surface area contributed by atoms with Crippen molar-refractivity contribution in [3.05, 3.63) is 76.7 Å². The summed E-state index contributed by atoms with van der Waals surface area (Å²) in [5.41, 5.74) is 3.24. The largest absolute Gasteiger partial charge is 0.759 e. The van der Waals surface area contributed by atoms with Crippen molar-refractivity contribution in [2.75, 3.05) is 69.0 Å². The van der Waals surface area contributed by atoms with Crippen LogP contribution < -0.4 is 24.0 Å². The van der Waals surface area contributed by atoms with E-state index in [1.165, 1.54) is 38.5 Å². The van der Waals surface area contributed by atoms with E-state index in [0.717, 1.165) is 102 Å². The highest BCUT2D eigenvalue weighted by Gasteiger charge is 2.25. The zero-order valence-electron chi connectivity index (χ0n) is 32.2. The second-order valence-corrected chi connectivity index (χ2v) is 14.4. The van der Waals surface area contributed by atoms with Crippen molar-refractivity contribution in [1.29, 1.82) is 10.8 Å². The molecule has 2 saturated heterocycles. The van der Waals surface area contributed by atoms with Crippen molar-refractivity contribution in [2.45, 2.75) is 83.3 Å². The predicted octanol–water partition coefficient (Wildman–Crippen LogP) is 8.19. The highest BCUT2D eigenvalue weighted by Crippen LogP contribution is 2.36. The number of hydrogen-bond acceptors (Lipinski definition) is 13. The molecule has 0 amide bonds. The Labute approximate surface area is 330 Å². The minimum Gasteiger partial charge on any atom is -0.759 e. The minimum atomic E-state index is -5.17. The van der Waals surface area contributed by atoms with Gasteiger partial charge >= 0.3 is 11.4 Å². The van der Waals surface area contributed by atoms with Crippen LogP contribution in [0.5, 0.6) is 17.2 Å². The topological polar surface area (TPSA) is 189 Å². The molecule has 0 N–H and O–H groups in total. The molecule has 16 heteroatoms. The van der Waals surface area contributed by atoms with E-state index in [1.54, 1.807) is 0 Å². The van der Waals surface area contributed by atoms with Gasteiger partial charge in [-0.2, -0.15) is 0 Å². The van der Waals surface area contributed by atoms with Gasteiger partial charge < -0.3 is 42.6 Å². The number of anilines is 2. The van der Waals surface area contributed by atoms with E-state index in [9.17, 15) is 0 Å². The predicted molar refractivity (Wildman–Crippen MR) is 212 cm³/mol. The molecule has 0 aromatic heterocycles. The number of nitrogens with zero attached hydrogens (tertiary/aromatic N) is 6. The highest BCUT2D eigenvalue weighted by atomic mass is 32.3. The molecule has 56 heavy (non-hydrogen) atoms. The Kier molecular flexibility index (Phi) is 18.9. The molecule has 7 rings (SSSR count). The van der Waals surface area contributed by atoms with E-state index < -0.39 is 10.4 Å². The summed E-state index contributed by atoms with van der Waals surface area (Å²) in [5.74, 6) is 2.32. The number of morpholine rings is 2. The van der Waals surface area contributed by atoms with Crippen molar-refractivity contribution < 1.29 is 41.2 Å². The van der Waals surface area contributed by atoms with Gasteiger partial charge in [-0.3, -0.25) is 8.42 Å². The lowest BCUT2D eigenvalue weighted by atomic mass is 9.98. The highest BCUT2D eigenvalue weighted by molar-refractivity contribution is 7.79. The summed E-state index contributed by atoms with van der Waals surface area (Å²) in [5, 5.41) is 18.3. The summed E-state index contributed by atoms with van der Waals surface area (Å²) in [7, 11) is -5.17. The Hall–Kier alpha value is -4.71. The van der Waals surface area contributed by atoms with Crippen LogP contribution in [0.2, 0.25) is 0 Å². The summed E-state index contributed by atoms with van der Waals surface area (Å²) >= 11 is 0. The van der Waals surface area contributed by atoms with E-state index in [2.05, 4.69) is 19.8 Å². The Morgan fingerprint density at radius 2 is 1.05 bits per heavy atom. The molecule has 304 valence electrons. The monoisotopic (exact) mass is 794 g/mol. The van der Waals surface area contributed by atoms with Gasteiger partial charge in [0.2, 0.25) is 22.3 Å². The molecule has 2 aliphatic heterocycles.